The molecule has 4 aromatic rings. The smallest absolute Gasteiger partial charge is 0.146 e. The van der Waals surface area contributed by atoms with E-state index in [0.29, 0.717) is 0 Å². The summed E-state index contributed by atoms with van der Waals surface area (Å²) in [6, 6.07) is 20.1. The molecule has 2 aromatic heterocycles. The molecule has 6 nitrogen and oxygen atoms in total. The Morgan fingerprint density at radius 2 is 1.71 bits per heavy atom. The van der Waals surface area contributed by atoms with Gasteiger partial charge >= 0.3 is 0 Å². The first kappa shape index (κ1) is 18.5. The number of para-hydroxylation sites is 1. The molecule has 2 aliphatic rings. The molecular formula is C25H24N4O2. The molecule has 2 saturated carbocycles. The lowest BCUT2D eigenvalue weighted by Crippen LogP contribution is -2.37. The predicted octanol–water partition coefficient (Wildman–Crippen LogP) is 3.93. The molecule has 156 valence electrons. The fraction of sp³-hybridized carbons (Fsp3) is 0.280. The van der Waals surface area contributed by atoms with Crippen molar-refractivity contribution >= 4 is 22.5 Å². The van der Waals surface area contributed by atoms with Crippen LogP contribution in [0.15, 0.2) is 73.2 Å². The van der Waals surface area contributed by atoms with E-state index >= 15 is 0 Å². The molecule has 2 heterocycles. The second-order valence-electron chi connectivity index (χ2n) is 8.79. The summed E-state index contributed by atoms with van der Waals surface area (Å²) in [5, 5.41) is 25.9. The van der Waals surface area contributed by atoms with Gasteiger partial charge in [0.25, 0.3) is 0 Å². The maximum Gasteiger partial charge on any atom is 0.146 e. The molecule has 2 aromatic carbocycles. The van der Waals surface area contributed by atoms with Crippen LogP contribution < -0.4 is 5.32 Å². The van der Waals surface area contributed by atoms with E-state index in [1.807, 2.05) is 55.5 Å². The van der Waals surface area contributed by atoms with Gasteiger partial charge in [0.15, 0.2) is 0 Å². The topological polar surface area (TPSA) is 83.2 Å². The van der Waals surface area contributed by atoms with Crippen LogP contribution in [-0.4, -0.2) is 37.0 Å². The summed E-state index contributed by atoms with van der Waals surface area (Å²) in [5.74, 6) is 1.01. The average molecular weight is 412 g/mol. The van der Waals surface area contributed by atoms with Crippen LogP contribution in [0.4, 0.5) is 11.5 Å². The standard InChI is InChI=1S/C25H24N4O2/c1-15-19-12-25(19,22(31)21(15)30)29-13-18(16-8-4-2-5-9-16)20-23(26-14-27-24(20)29)28-17-10-6-3-7-11-17/h2-11,13-15,19,21-22,30-31H,12H2,1H3,(H,26,27,28)/t15-,19-,21+,22+,25+/m0/s1. The van der Waals surface area contributed by atoms with E-state index in [2.05, 4.69) is 38.2 Å². The van der Waals surface area contributed by atoms with Crippen LogP contribution in [0.1, 0.15) is 13.3 Å². The number of nitrogens with one attached hydrogen (secondary N) is 1. The zero-order valence-electron chi connectivity index (χ0n) is 17.2. The van der Waals surface area contributed by atoms with Crippen molar-refractivity contribution in [3.05, 3.63) is 73.2 Å². The first-order valence-electron chi connectivity index (χ1n) is 10.7. The van der Waals surface area contributed by atoms with Gasteiger partial charge in [-0.05, 0) is 36.0 Å². The normalized spacial score (nSPS) is 29.1. The zero-order valence-corrected chi connectivity index (χ0v) is 17.2. The van der Waals surface area contributed by atoms with Crippen LogP contribution in [0.5, 0.6) is 0 Å². The lowest BCUT2D eigenvalue weighted by molar-refractivity contribution is -0.0138. The molecule has 0 unspecified atom stereocenters. The SMILES string of the molecule is C[C@@H]1[C@@H](O)[C@@H](O)[C@@]2(n3cc(-c4ccccc4)c4c(Nc5ccccc5)ncnc43)C[C@@H]12. The highest BCUT2D eigenvalue weighted by Crippen LogP contribution is 2.65. The van der Waals surface area contributed by atoms with Gasteiger partial charge in [0.1, 0.15) is 23.9 Å². The van der Waals surface area contributed by atoms with E-state index in [9.17, 15) is 10.2 Å². The van der Waals surface area contributed by atoms with Crippen molar-refractivity contribution < 1.29 is 10.2 Å². The second-order valence-corrected chi connectivity index (χ2v) is 8.79. The summed E-state index contributed by atoms with van der Waals surface area (Å²) >= 11 is 0. The molecule has 0 spiro atoms. The third kappa shape index (κ3) is 2.58. The monoisotopic (exact) mass is 412 g/mol. The average Bonchev–Trinajstić information content (AvgIpc) is 3.39. The molecule has 0 bridgehead atoms. The van der Waals surface area contributed by atoms with Crippen molar-refractivity contribution in [1.29, 1.82) is 0 Å². The Kier molecular flexibility index (Phi) is 3.97. The van der Waals surface area contributed by atoms with Gasteiger partial charge in [0, 0.05) is 17.4 Å². The van der Waals surface area contributed by atoms with Crippen LogP contribution in [0.3, 0.4) is 0 Å². The highest BCUT2D eigenvalue weighted by atomic mass is 16.3. The Bertz CT molecular complexity index is 1250. The summed E-state index contributed by atoms with van der Waals surface area (Å²) in [5.41, 5.74) is 3.28. The van der Waals surface area contributed by atoms with E-state index in [-0.39, 0.29) is 11.8 Å². The quantitative estimate of drug-likeness (QED) is 0.473. The third-order valence-corrected chi connectivity index (χ3v) is 7.19. The molecule has 3 N–H and O–H groups in total. The van der Waals surface area contributed by atoms with Crippen LogP contribution in [0.2, 0.25) is 0 Å². The maximum absolute atomic E-state index is 11.0. The molecule has 0 saturated heterocycles. The third-order valence-electron chi connectivity index (χ3n) is 7.19. The molecule has 6 heteroatoms. The largest absolute Gasteiger partial charge is 0.390 e. The molecule has 31 heavy (non-hydrogen) atoms. The van der Waals surface area contributed by atoms with E-state index in [1.165, 1.54) is 0 Å². The molecular weight excluding hydrogens is 388 g/mol. The van der Waals surface area contributed by atoms with Crippen molar-refractivity contribution in [2.45, 2.75) is 31.1 Å². The van der Waals surface area contributed by atoms with Gasteiger partial charge in [-0.1, -0.05) is 55.5 Å². The number of hydrogen-bond acceptors (Lipinski definition) is 5. The van der Waals surface area contributed by atoms with Crippen molar-refractivity contribution in [3.8, 4) is 11.1 Å². The minimum Gasteiger partial charge on any atom is -0.390 e. The lowest BCUT2D eigenvalue weighted by atomic mass is 10.0. The van der Waals surface area contributed by atoms with Gasteiger partial charge in [-0.25, -0.2) is 9.97 Å². The molecule has 6 rings (SSSR count). The van der Waals surface area contributed by atoms with E-state index < -0.39 is 17.7 Å². The van der Waals surface area contributed by atoms with Crippen molar-refractivity contribution in [2.75, 3.05) is 5.32 Å². The Balaban J connectivity index is 1.58. The Morgan fingerprint density at radius 1 is 1.00 bits per heavy atom. The minimum atomic E-state index is -0.813. The minimum absolute atomic E-state index is 0.0522. The van der Waals surface area contributed by atoms with Gasteiger partial charge in [-0.3, -0.25) is 0 Å². The van der Waals surface area contributed by atoms with Crippen molar-refractivity contribution in [1.82, 2.24) is 14.5 Å². The summed E-state index contributed by atoms with van der Waals surface area (Å²) in [4.78, 5) is 9.22. The number of nitrogens with zero attached hydrogens (tertiary/aromatic N) is 3. The number of aliphatic hydroxyl groups is 2. The van der Waals surface area contributed by atoms with E-state index in [0.717, 1.165) is 40.1 Å². The maximum atomic E-state index is 11.0. The van der Waals surface area contributed by atoms with E-state index in [1.54, 1.807) is 6.33 Å². The van der Waals surface area contributed by atoms with Crippen LogP contribution >= 0.6 is 0 Å². The number of rotatable bonds is 4. The van der Waals surface area contributed by atoms with Crippen LogP contribution in [0.25, 0.3) is 22.2 Å². The van der Waals surface area contributed by atoms with E-state index in [4.69, 9.17) is 0 Å². The van der Waals surface area contributed by atoms with Gasteiger partial charge in [0.2, 0.25) is 0 Å². The van der Waals surface area contributed by atoms with Gasteiger partial charge in [0.05, 0.1) is 17.0 Å². The van der Waals surface area contributed by atoms with Gasteiger partial charge in [-0.15, -0.1) is 0 Å². The Labute approximate surface area is 180 Å². The van der Waals surface area contributed by atoms with Crippen LogP contribution in [-0.2, 0) is 5.54 Å². The van der Waals surface area contributed by atoms with Crippen molar-refractivity contribution in [2.24, 2.45) is 11.8 Å². The molecule has 0 aliphatic heterocycles. The molecule has 0 amide bonds. The van der Waals surface area contributed by atoms with Gasteiger partial charge < -0.3 is 20.1 Å². The number of anilines is 2. The lowest BCUT2D eigenvalue weighted by Gasteiger charge is -2.24. The Morgan fingerprint density at radius 3 is 2.39 bits per heavy atom. The molecule has 2 fully saturated rings. The first-order chi connectivity index (χ1) is 15.1. The van der Waals surface area contributed by atoms with Gasteiger partial charge in [-0.2, -0.15) is 0 Å². The Hall–Kier alpha value is -3.22. The summed E-state index contributed by atoms with van der Waals surface area (Å²) < 4.78 is 2.10. The first-order valence-corrected chi connectivity index (χ1v) is 10.7. The predicted molar refractivity (Wildman–Crippen MR) is 120 cm³/mol. The molecule has 2 aliphatic carbocycles. The molecule has 0 radical (unpaired) electrons. The summed E-state index contributed by atoms with van der Waals surface area (Å²) in [7, 11) is 0. The second kappa shape index (κ2) is 6.64. The molecule has 5 atom stereocenters. The summed E-state index contributed by atoms with van der Waals surface area (Å²) in [6.45, 7) is 2.02. The number of hydrogen-bond donors (Lipinski definition) is 3. The van der Waals surface area contributed by atoms with Crippen molar-refractivity contribution in [3.63, 3.8) is 0 Å². The highest BCUT2D eigenvalue weighted by molar-refractivity contribution is 6.02. The zero-order chi connectivity index (χ0) is 21.2. The number of benzene rings is 2. The van der Waals surface area contributed by atoms with Crippen LogP contribution in [0, 0.1) is 11.8 Å². The number of fused-ring (bicyclic) bond motifs is 2. The number of aliphatic hydroxyl groups excluding tert-OH is 2. The summed E-state index contributed by atoms with van der Waals surface area (Å²) in [6.07, 6.45) is 2.95. The fourth-order valence-electron chi connectivity index (χ4n) is 5.48. The number of aromatic nitrogens is 3. The fourth-order valence-corrected chi connectivity index (χ4v) is 5.48. The highest BCUT2D eigenvalue weighted by Gasteiger charge is 2.71.